The van der Waals surface area contributed by atoms with Crippen molar-refractivity contribution in [2.24, 2.45) is 0 Å². The first-order valence-corrected chi connectivity index (χ1v) is 6.54. The third-order valence-electron chi connectivity index (χ3n) is 1.21. The molecule has 0 bridgehead atoms. The first-order chi connectivity index (χ1) is 3.77. The highest BCUT2D eigenvalue weighted by atomic mass is 28.3. The fourth-order valence-corrected chi connectivity index (χ4v) is 1.71. The molecule has 1 N–H and O–H groups in total. The monoisotopic (exact) mass is 147 g/mol. The summed E-state index contributed by atoms with van der Waals surface area (Å²) in [4.78, 5) is 0. The summed E-state index contributed by atoms with van der Waals surface area (Å²) in [5.41, 5.74) is 0. The van der Waals surface area contributed by atoms with Gasteiger partial charge in [0.05, 0.1) is 0 Å². The second kappa shape index (κ2) is 8.18. The molecule has 0 radical (unpaired) electrons. The first-order valence-electron chi connectivity index (χ1n) is 3.42. The highest BCUT2D eigenvalue weighted by molar-refractivity contribution is 6.55. The van der Waals surface area contributed by atoms with Gasteiger partial charge in [0.2, 0.25) is 0 Å². The van der Waals surface area contributed by atoms with Crippen LogP contribution >= 0.6 is 0 Å². The SMILES string of the molecule is C.CNCCC[SiH](C)C. The van der Waals surface area contributed by atoms with Gasteiger partial charge >= 0.3 is 0 Å². The quantitative estimate of drug-likeness (QED) is 0.471. The van der Waals surface area contributed by atoms with E-state index in [0.29, 0.717) is 0 Å². The molecule has 2 heteroatoms. The Hall–Kier alpha value is 0.177. The van der Waals surface area contributed by atoms with E-state index >= 15 is 0 Å². The Morgan fingerprint density at radius 3 is 2.22 bits per heavy atom. The van der Waals surface area contributed by atoms with Gasteiger partial charge in [-0.05, 0) is 20.0 Å². The summed E-state index contributed by atoms with van der Waals surface area (Å²) in [6, 6.07) is 1.49. The van der Waals surface area contributed by atoms with Crippen molar-refractivity contribution < 1.29 is 0 Å². The van der Waals surface area contributed by atoms with Crippen LogP contribution in [-0.4, -0.2) is 22.4 Å². The molecule has 0 unspecified atom stereocenters. The molecule has 0 saturated heterocycles. The minimum absolute atomic E-state index is 0. The number of nitrogens with one attached hydrogen (secondary N) is 1. The van der Waals surface area contributed by atoms with Crippen molar-refractivity contribution >= 4 is 8.80 Å². The maximum Gasteiger partial charge on any atom is 0.0306 e. The third kappa shape index (κ3) is 11.6. The average molecular weight is 147 g/mol. The molecular formula is C7H21NSi. The number of hydrogen-bond donors (Lipinski definition) is 1. The van der Waals surface area contributed by atoms with Gasteiger partial charge in [-0.3, -0.25) is 0 Å². The molecular weight excluding hydrogens is 126 g/mol. The molecule has 0 aromatic rings. The van der Waals surface area contributed by atoms with Crippen molar-refractivity contribution in [3.05, 3.63) is 0 Å². The van der Waals surface area contributed by atoms with E-state index in [1.54, 1.807) is 0 Å². The predicted octanol–water partition coefficient (Wildman–Crippen LogP) is 1.72. The zero-order valence-corrected chi connectivity index (χ0v) is 7.35. The average Bonchev–Trinajstić information content (AvgIpc) is 1.66. The van der Waals surface area contributed by atoms with E-state index in [0.717, 1.165) is 0 Å². The summed E-state index contributed by atoms with van der Waals surface area (Å²) < 4.78 is 0. The van der Waals surface area contributed by atoms with Crippen LogP contribution in [0.1, 0.15) is 13.8 Å². The molecule has 0 aromatic carbocycles. The summed E-state index contributed by atoms with van der Waals surface area (Å²) in [6.07, 6.45) is 1.38. The van der Waals surface area contributed by atoms with Crippen LogP contribution in [-0.2, 0) is 0 Å². The molecule has 0 aliphatic rings. The highest BCUT2D eigenvalue weighted by Crippen LogP contribution is 1.93. The van der Waals surface area contributed by atoms with Crippen LogP contribution in [0, 0.1) is 0 Å². The summed E-state index contributed by atoms with van der Waals surface area (Å²) in [5.74, 6) is 0. The smallest absolute Gasteiger partial charge is 0.0306 e. The zero-order chi connectivity index (χ0) is 6.41. The van der Waals surface area contributed by atoms with Crippen molar-refractivity contribution in [2.75, 3.05) is 13.6 Å². The number of hydrogen-bond acceptors (Lipinski definition) is 1. The Balaban J connectivity index is 0. The Morgan fingerprint density at radius 1 is 1.33 bits per heavy atom. The molecule has 0 saturated carbocycles. The molecule has 0 amide bonds. The summed E-state index contributed by atoms with van der Waals surface area (Å²) in [6.45, 7) is 6.00. The second-order valence-electron chi connectivity index (χ2n) is 2.64. The van der Waals surface area contributed by atoms with Crippen molar-refractivity contribution in [3.63, 3.8) is 0 Å². The fourth-order valence-electron chi connectivity index (χ4n) is 0.687. The van der Waals surface area contributed by atoms with E-state index in [2.05, 4.69) is 18.4 Å². The predicted molar refractivity (Wildman–Crippen MR) is 49.0 cm³/mol. The van der Waals surface area contributed by atoms with E-state index in [9.17, 15) is 0 Å². The molecule has 0 aliphatic carbocycles. The van der Waals surface area contributed by atoms with Crippen LogP contribution in [0.15, 0.2) is 0 Å². The molecule has 0 spiro atoms. The first kappa shape index (κ1) is 11.9. The molecule has 0 atom stereocenters. The minimum atomic E-state index is -0.242. The number of rotatable bonds is 4. The maximum atomic E-state index is 3.15. The van der Waals surface area contributed by atoms with Gasteiger partial charge in [0.25, 0.3) is 0 Å². The molecule has 58 valence electrons. The van der Waals surface area contributed by atoms with E-state index in [1.807, 2.05) is 7.05 Å². The summed E-state index contributed by atoms with van der Waals surface area (Å²) >= 11 is 0. The van der Waals surface area contributed by atoms with Crippen LogP contribution in [0.4, 0.5) is 0 Å². The lowest BCUT2D eigenvalue weighted by molar-refractivity contribution is 0.768. The Bertz CT molecular complexity index is 46.2. The van der Waals surface area contributed by atoms with Crippen molar-refractivity contribution in [2.45, 2.75) is 33.0 Å². The van der Waals surface area contributed by atoms with Crippen molar-refractivity contribution in [1.29, 1.82) is 0 Å². The van der Waals surface area contributed by atoms with E-state index in [4.69, 9.17) is 0 Å². The van der Waals surface area contributed by atoms with Crippen LogP contribution < -0.4 is 5.32 Å². The highest BCUT2D eigenvalue weighted by Gasteiger charge is 1.92. The van der Waals surface area contributed by atoms with Gasteiger partial charge in [0, 0.05) is 8.80 Å². The van der Waals surface area contributed by atoms with Crippen LogP contribution in [0.2, 0.25) is 19.1 Å². The van der Waals surface area contributed by atoms with Gasteiger partial charge < -0.3 is 5.32 Å². The maximum absolute atomic E-state index is 3.15. The molecule has 9 heavy (non-hydrogen) atoms. The topological polar surface area (TPSA) is 12.0 Å². The van der Waals surface area contributed by atoms with E-state index < -0.39 is 0 Å². The second-order valence-corrected chi connectivity index (χ2v) is 6.00. The van der Waals surface area contributed by atoms with Crippen molar-refractivity contribution in [1.82, 2.24) is 5.32 Å². The minimum Gasteiger partial charge on any atom is -0.320 e. The Kier molecular flexibility index (Phi) is 10.8. The third-order valence-corrected chi connectivity index (χ3v) is 2.77. The molecule has 0 aromatic heterocycles. The van der Waals surface area contributed by atoms with Gasteiger partial charge in [-0.2, -0.15) is 0 Å². The molecule has 1 nitrogen and oxygen atoms in total. The van der Waals surface area contributed by atoms with Gasteiger partial charge in [-0.1, -0.05) is 26.6 Å². The van der Waals surface area contributed by atoms with Gasteiger partial charge in [0.1, 0.15) is 0 Å². The molecule has 0 rings (SSSR count). The largest absolute Gasteiger partial charge is 0.320 e. The lowest BCUT2D eigenvalue weighted by Gasteiger charge is -2.00. The van der Waals surface area contributed by atoms with E-state index in [1.165, 1.54) is 19.0 Å². The Morgan fingerprint density at radius 2 is 1.89 bits per heavy atom. The lowest BCUT2D eigenvalue weighted by Crippen LogP contribution is -2.10. The van der Waals surface area contributed by atoms with Crippen LogP contribution in [0.3, 0.4) is 0 Å². The summed E-state index contributed by atoms with van der Waals surface area (Å²) in [7, 11) is 1.77. The van der Waals surface area contributed by atoms with E-state index in [-0.39, 0.29) is 16.2 Å². The zero-order valence-electron chi connectivity index (χ0n) is 6.20. The van der Waals surface area contributed by atoms with Crippen LogP contribution in [0.25, 0.3) is 0 Å². The molecule has 0 heterocycles. The molecule has 0 aliphatic heterocycles. The summed E-state index contributed by atoms with van der Waals surface area (Å²) in [5, 5.41) is 3.15. The van der Waals surface area contributed by atoms with Gasteiger partial charge in [-0.15, -0.1) is 0 Å². The van der Waals surface area contributed by atoms with Crippen LogP contribution in [0.5, 0.6) is 0 Å². The lowest BCUT2D eigenvalue weighted by atomic mass is 10.5. The molecule has 0 fully saturated rings. The standard InChI is InChI=1S/C6H17NSi.CH4/c1-7-5-4-6-8(2)3;/h7-8H,4-6H2,1-3H3;1H4. The van der Waals surface area contributed by atoms with Gasteiger partial charge in [0.15, 0.2) is 0 Å². The van der Waals surface area contributed by atoms with Gasteiger partial charge in [-0.25, -0.2) is 0 Å². The fraction of sp³-hybridized carbons (Fsp3) is 1.00. The van der Waals surface area contributed by atoms with Crippen molar-refractivity contribution in [3.8, 4) is 0 Å². The normalized spacial score (nSPS) is 9.33. The Labute approximate surface area is 61.5 Å².